The van der Waals surface area contributed by atoms with Gasteiger partial charge in [-0.15, -0.1) is 0 Å². The van der Waals surface area contributed by atoms with Gasteiger partial charge in [-0.3, -0.25) is 4.79 Å². The summed E-state index contributed by atoms with van der Waals surface area (Å²) < 4.78 is 5.75. The summed E-state index contributed by atoms with van der Waals surface area (Å²) in [6.45, 7) is 0.728. The van der Waals surface area contributed by atoms with E-state index in [2.05, 4.69) is 0 Å². The maximum Gasteiger partial charge on any atom is 0.234 e. The highest BCUT2D eigenvalue weighted by atomic mass is 16.5. The van der Waals surface area contributed by atoms with Crippen molar-refractivity contribution in [3.8, 4) is 0 Å². The highest BCUT2D eigenvalue weighted by Gasteiger charge is 2.44. The smallest absolute Gasteiger partial charge is 0.234 e. The molecule has 80 valence electrons. The molecular formula is C10H18N2O2. The normalized spacial score (nSPS) is 32.2. The van der Waals surface area contributed by atoms with Gasteiger partial charge in [0.05, 0.1) is 11.6 Å². The van der Waals surface area contributed by atoms with Crippen LogP contribution in [0, 0.1) is 5.92 Å². The lowest BCUT2D eigenvalue weighted by atomic mass is 9.70. The van der Waals surface area contributed by atoms with Crippen LogP contribution in [0.25, 0.3) is 0 Å². The predicted molar refractivity (Wildman–Crippen MR) is 52.4 cm³/mol. The minimum absolute atomic E-state index is 0.0516. The van der Waals surface area contributed by atoms with Crippen LogP contribution in [0.3, 0.4) is 0 Å². The van der Waals surface area contributed by atoms with Crippen molar-refractivity contribution >= 4 is 5.91 Å². The number of ether oxygens (including phenoxy) is 1. The van der Waals surface area contributed by atoms with Crippen molar-refractivity contribution in [1.29, 1.82) is 0 Å². The molecule has 1 saturated heterocycles. The van der Waals surface area contributed by atoms with E-state index in [-0.39, 0.29) is 17.4 Å². The molecule has 2 atom stereocenters. The summed E-state index contributed by atoms with van der Waals surface area (Å²) in [5.74, 6) is -0.159. The molecule has 2 fully saturated rings. The summed E-state index contributed by atoms with van der Waals surface area (Å²) in [4.78, 5) is 11.0. The van der Waals surface area contributed by atoms with Crippen LogP contribution in [0.2, 0.25) is 0 Å². The van der Waals surface area contributed by atoms with Gasteiger partial charge in [0.2, 0.25) is 5.91 Å². The predicted octanol–water partition coefficient (Wildman–Crippen LogP) is 0.148. The first-order chi connectivity index (χ1) is 6.63. The van der Waals surface area contributed by atoms with Gasteiger partial charge in [-0.25, -0.2) is 0 Å². The highest BCUT2D eigenvalue weighted by Crippen LogP contribution is 2.44. The van der Waals surface area contributed by atoms with Crippen LogP contribution in [0.4, 0.5) is 0 Å². The highest BCUT2D eigenvalue weighted by molar-refractivity contribution is 5.79. The zero-order valence-electron chi connectivity index (χ0n) is 8.37. The molecule has 4 nitrogen and oxygen atoms in total. The van der Waals surface area contributed by atoms with Crippen molar-refractivity contribution in [1.82, 2.24) is 0 Å². The quantitative estimate of drug-likeness (QED) is 0.663. The average Bonchev–Trinajstić information content (AvgIpc) is 2.14. The van der Waals surface area contributed by atoms with E-state index in [9.17, 15) is 4.79 Å². The molecular weight excluding hydrogens is 180 g/mol. The second-order valence-corrected chi connectivity index (χ2v) is 4.57. The molecule has 1 aliphatic heterocycles. The summed E-state index contributed by atoms with van der Waals surface area (Å²) in [6, 6.07) is -0.489. The Bertz CT molecular complexity index is 238. The molecule has 1 saturated carbocycles. The largest absolute Gasteiger partial charge is 0.375 e. The van der Waals surface area contributed by atoms with Crippen LogP contribution >= 0.6 is 0 Å². The van der Waals surface area contributed by atoms with Crippen molar-refractivity contribution < 1.29 is 9.53 Å². The van der Waals surface area contributed by atoms with Crippen LogP contribution in [0.1, 0.15) is 32.1 Å². The number of nitrogens with two attached hydrogens (primary N) is 2. The molecule has 1 amide bonds. The zero-order valence-corrected chi connectivity index (χ0v) is 8.37. The van der Waals surface area contributed by atoms with Crippen molar-refractivity contribution in [2.45, 2.75) is 43.7 Å². The Morgan fingerprint density at radius 1 is 1.50 bits per heavy atom. The molecule has 4 N–H and O–H groups in total. The molecule has 0 aromatic heterocycles. The molecule has 0 aromatic rings. The SMILES string of the molecule is NC(=O)C(N)C1CCOC2(CCC2)C1. The van der Waals surface area contributed by atoms with Crippen LogP contribution < -0.4 is 11.5 Å². The van der Waals surface area contributed by atoms with E-state index in [1.165, 1.54) is 6.42 Å². The number of hydrogen-bond donors (Lipinski definition) is 2. The van der Waals surface area contributed by atoms with Gasteiger partial charge in [0.15, 0.2) is 0 Å². The second kappa shape index (κ2) is 3.51. The molecule has 14 heavy (non-hydrogen) atoms. The number of amides is 1. The topological polar surface area (TPSA) is 78.3 Å². The van der Waals surface area contributed by atoms with E-state index in [0.29, 0.717) is 0 Å². The van der Waals surface area contributed by atoms with E-state index >= 15 is 0 Å². The Morgan fingerprint density at radius 2 is 2.21 bits per heavy atom. The maximum absolute atomic E-state index is 11.0. The van der Waals surface area contributed by atoms with Crippen molar-refractivity contribution in [2.75, 3.05) is 6.61 Å². The van der Waals surface area contributed by atoms with E-state index in [1.807, 2.05) is 0 Å². The third kappa shape index (κ3) is 1.64. The molecule has 0 bridgehead atoms. The molecule has 1 spiro atoms. The third-order valence-corrected chi connectivity index (χ3v) is 3.63. The number of hydrogen-bond acceptors (Lipinski definition) is 3. The molecule has 2 aliphatic rings. The zero-order chi connectivity index (χ0) is 10.2. The lowest BCUT2D eigenvalue weighted by Crippen LogP contribution is -2.52. The Hall–Kier alpha value is -0.610. The van der Waals surface area contributed by atoms with Gasteiger partial charge in [-0.1, -0.05) is 0 Å². The van der Waals surface area contributed by atoms with Crippen LogP contribution in [0.15, 0.2) is 0 Å². The van der Waals surface area contributed by atoms with Gasteiger partial charge < -0.3 is 16.2 Å². The van der Waals surface area contributed by atoms with E-state index in [0.717, 1.165) is 32.3 Å². The van der Waals surface area contributed by atoms with E-state index in [4.69, 9.17) is 16.2 Å². The third-order valence-electron chi connectivity index (χ3n) is 3.63. The van der Waals surface area contributed by atoms with Crippen LogP contribution in [0.5, 0.6) is 0 Å². The lowest BCUT2D eigenvalue weighted by Gasteiger charge is -2.48. The summed E-state index contributed by atoms with van der Waals surface area (Å²) in [5, 5.41) is 0. The van der Waals surface area contributed by atoms with E-state index in [1.54, 1.807) is 0 Å². The number of primary amides is 1. The Kier molecular flexibility index (Phi) is 2.49. The van der Waals surface area contributed by atoms with Crippen molar-refractivity contribution in [2.24, 2.45) is 17.4 Å². The first kappa shape index (κ1) is 9.93. The van der Waals surface area contributed by atoms with Gasteiger partial charge in [0.1, 0.15) is 0 Å². The van der Waals surface area contributed by atoms with Crippen molar-refractivity contribution in [3.05, 3.63) is 0 Å². The summed E-state index contributed by atoms with van der Waals surface area (Å²) >= 11 is 0. The first-order valence-corrected chi connectivity index (χ1v) is 5.32. The molecule has 1 heterocycles. The Labute approximate surface area is 84.0 Å². The molecule has 2 unspecified atom stereocenters. The molecule has 0 aromatic carbocycles. The van der Waals surface area contributed by atoms with Gasteiger partial charge in [-0.05, 0) is 38.0 Å². The fraction of sp³-hybridized carbons (Fsp3) is 0.900. The van der Waals surface area contributed by atoms with Gasteiger partial charge >= 0.3 is 0 Å². The second-order valence-electron chi connectivity index (χ2n) is 4.57. The minimum Gasteiger partial charge on any atom is -0.375 e. The fourth-order valence-electron chi connectivity index (χ4n) is 2.52. The van der Waals surface area contributed by atoms with Crippen LogP contribution in [-0.2, 0) is 9.53 Å². The maximum atomic E-state index is 11.0. The number of carbonyl (C=O) groups is 1. The van der Waals surface area contributed by atoms with Gasteiger partial charge in [0, 0.05) is 6.61 Å². The average molecular weight is 198 g/mol. The van der Waals surface area contributed by atoms with E-state index < -0.39 is 6.04 Å². The van der Waals surface area contributed by atoms with Gasteiger partial charge in [0.25, 0.3) is 0 Å². The van der Waals surface area contributed by atoms with Crippen LogP contribution in [-0.4, -0.2) is 24.2 Å². The Balaban J connectivity index is 1.96. The Morgan fingerprint density at radius 3 is 2.71 bits per heavy atom. The lowest BCUT2D eigenvalue weighted by molar-refractivity contribution is -0.149. The standard InChI is InChI=1S/C10H18N2O2/c11-8(9(12)13)7-2-5-14-10(6-7)3-1-4-10/h7-8H,1-6,11H2,(H2,12,13). The molecule has 4 heteroatoms. The minimum atomic E-state index is -0.489. The first-order valence-electron chi connectivity index (χ1n) is 5.32. The summed E-state index contributed by atoms with van der Waals surface area (Å²) in [5.41, 5.74) is 11.0. The summed E-state index contributed by atoms with van der Waals surface area (Å²) in [6.07, 6.45) is 5.26. The van der Waals surface area contributed by atoms with Gasteiger partial charge in [-0.2, -0.15) is 0 Å². The summed E-state index contributed by atoms with van der Waals surface area (Å²) in [7, 11) is 0. The number of rotatable bonds is 2. The monoisotopic (exact) mass is 198 g/mol. The number of carbonyl (C=O) groups excluding carboxylic acids is 1. The molecule has 0 radical (unpaired) electrons. The molecule has 1 aliphatic carbocycles. The fourth-order valence-corrected chi connectivity index (χ4v) is 2.52. The van der Waals surface area contributed by atoms with Crippen molar-refractivity contribution in [3.63, 3.8) is 0 Å². The molecule has 2 rings (SSSR count).